The molecule has 8 heteroatoms. The fourth-order valence-corrected chi connectivity index (χ4v) is 2.44. The molecule has 2 aromatic rings. The number of imide groups is 2. The van der Waals surface area contributed by atoms with Crippen molar-refractivity contribution < 1.29 is 29.0 Å². The fraction of sp³-hybridized carbons (Fsp3) is 0.0526. The molecule has 1 aliphatic rings. The number of carboxylic acid groups (broad SMARTS) is 1. The summed E-state index contributed by atoms with van der Waals surface area (Å²) in [4.78, 5) is 48.2. The topological polar surface area (TPSA) is 113 Å². The van der Waals surface area contributed by atoms with Gasteiger partial charge in [0.25, 0.3) is 11.8 Å². The Kier molecular flexibility index (Phi) is 4.98. The van der Waals surface area contributed by atoms with Crippen molar-refractivity contribution in [1.29, 1.82) is 0 Å². The molecule has 1 aliphatic heterocycles. The number of benzene rings is 2. The van der Waals surface area contributed by atoms with Gasteiger partial charge < -0.3 is 9.84 Å². The van der Waals surface area contributed by atoms with Gasteiger partial charge in [-0.2, -0.15) is 0 Å². The van der Waals surface area contributed by atoms with E-state index in [9.17, 15) is 19.2 Å². The summed E-state index contributed by atoms with van der Waals surface area (Å²) in [5.74, 6) is -2.29. The monoisotopic (exact) mass is 366 g/mol. The van der Waals surface area contributed by atoms with Crippen LogP contribution >= 0.6 is 0 Å². The summed E-state index contributed by atoms with van der Waals surface area (Å²) in [7, 11) is 0. The minimum absolute atomic E-state index is 0.197. The average molecular weight is 366 g/mol. The number of amides is 4. The van der Waals surface area contributed by atoms with E-state index in [0.29, 0.717) is 17.0 Å². The normalized spacial score (nSPS) is 15.6. The summed E-state index contributed by atoms with van der Waals surface area (Å²) in [5, 5.41) is 10.7. The Bertz CT molecular complexity index is 934. The first-order valence-electron chi connectivity index (χ1n) is 7.87. The van der Waals surface area contributed by atoms with Crippen LogP contribution in [0.3, 0.4) is 0 Å². The van der Waals surface area contributed by atoms with Crippen LogP contribution in [-0.2, 0) is 14.4 Å². The van der Waals surface area contributed by atoms with Gasteiger partial charge in [0.05, 0.1) is 5.69 Å². The van der Waals surface area contributed by atoms with E-state index in [4.69, 9.17) is 9.84 Å². The minimum atomic E-state index is -1.10. The molecule has 0 radical (unpaired) electrons. The molecule has 27 heavy (non-hydrogen) atoms. The van der Waals surface area contributed by atoms with Crippen molar-refractivity contribution >= 4 is 35.6 Å². The number of hydrogen-bond acceptors (Lipinski definition) is 5. The van der Waals surface area contributed by atoms with Crippen molar-refractivity contribution in [2.24, 2.45) is 0 Å². The van der Waals surface area contributed by atoms with Crippen LogP contribution in [0, 0.1) is 0 Å². The van der Waals surface area contributed by atoms with E-state index in [1.54, 1.807) is 42.5 Å². The Balaban J connectivity index is 1.86. The summed E-state index contributed by atoms with van der Waals surface area (Å²) in [6, 6.07) is 13.6. The Labute approximate surface area is 153 Å². The Hall–Kier alpha value is -3.94. The second-order valence-electron chi connectivity index (χ2n) is 5.54. The van der Waals surface area contributed by atoms with Gasteiger partial charge in [-0.15, -0.1) is 0 Å². The molecular formula is C19H14N2O6. The molecule has 0 atom stereocenters. The maximum atomic E-state index is 12.7. The molecule has 1 heterocycles. The van der Waals surface area contributed by atoms with E-state index in [-0.39, 0.29) is 5.57 Å². The van der Waals surface area contributed by atoms with Gasteiger partial charge in [-0.05, 0) is 35.9 Å². The lowest BCUT2D eigenvalue weighted by molar-refractivity contribution is -0.139. The number of urea groups is 1. The van der Waals surface area contributed by atoms with Gasteiger partial charge in [0, 0.05) is 0 Å². The van der Waals surface area contributed by atoms with Crippen LogP contribution in [0.25, 0.3) is 6.08 Å². The second-order valence-corrected chi connectivity index (χ2v) is 5.54. The zero-order valence-corrected chi connectivity index (χ0v) is 13.9. The van der Waals surface area contributed by atoms with Gasteiger partial charge in [0.1, 0.15) is 11.3 Å². The molecule has 0 aromatic heterocycles. The fourth-order valence-electron chi connectivity index (χ4n) is 2.44. The third kappa shape index (κ3) is 4.01. The number of ether oxygens (including phenoxy) is 1. The number of carbonyl (C=O) groups is 4. The highest BCUT2D eigenvalue weighted by Gasteiger charge is 2.36. The van der Waals surface area contributed by atoms with Crippen LogP contribution in [-0.4, -0.2) is 35.5 Å². The standard InChI is InChI=1S/C19H14N2O6/c22-16(23)11-27-14-8-6-12(7-9-14)10-15-17(24)20-19(26)21(18(15)25)13-4-2-1-3-5-13/h1-10H,11H2,(H,22,23)(H,20,24,26)/b15-10+. The van der Waals surface area contributed by atoms with Crippen LogP contribution in [0.4, 0.5) is 10.5 Å². The van der Waals surface area contributed by atoms with Crippen molar-refractivity contribution in [1.82, 2.24) is 5.32 Å². The zero-order valence-electron chi connectivity index (χ0n) is 13.9. The Morgan fingerprint density at radius 2 is 1.70 bits per heavy atom. The predicted molar refractivity (Wildman–Crippen MR) is 95.0 cm³/mol. The number of carboxylic acids is 1. The number of barbiturate groups is 1. The summed E-state index contributed by atoms with van der Waals surface area (Å²) in [5.41, 5.74) is 0.659. The molecule has 136 valence electrons. The van der Waals surface area contributed by atoms with Gasteiger partial charge in [0.15, 0.2) is 6.61 Å². The quantitative estimate of drug-likeness (QED) is 0.616. The Morgan fingerprint density at radius 3 is 2.33 bits per heavy atom. The molecule has 3 rings (SSSR count). The maximum absolute atomic E-state index is 12.7. The molecule has 0 aliphatic carbocycles. The van der Waals surface area contributed by atoms with Crippen molar-refractivity contribution in [3.63, 3.8) is 0 Å². The molecule has 2 N–H and O–H groups in total. The lowest BCUT2D eigenvalue weighted by Gasteiger charge is -2.26. The predicted octanol–water partition coefficient (Wildman–Crippen LogP) is 1.82. The third-order valence-electron chi connectivity index (χ3n) is 3.67. The molecular weight excluding hydrogens is 352 g/mol. The number of aliphatic carboxylic acids is 1. The van der Waals surface area contributed by atoms with Crippen LogP contribution in [0.15, 0.2) is 60.2 Å². The molecule has 0 saturated carbocycles. The molecule has 2 aromatic carbocycles. The first-order chi connectivity index (χ1) is 13.0. The lowest BCUT2D eigenvalue weighted by Crippen LogP contribution is -2.54. The van der Waals surface area contributed by atoms with Gasteiger partial charge in [-0.25, -0.2) is 14.5 Å². The van der Waals surface area contributed by atoms with Crippen molar-refractivity contribution in [3.8, 4) is 5.75 Å². The lowest BCUT2D eigenvalue weighted by atomic mass is 10.1. The van der Waals surface area contributed by atoms with Crippen molar-refractivity contribution in [2.75, 3.05) is 11.5 Å². The SMILES string of the molecule is O=C(O)COc1ccc(/C=C2\C(=O)NC(=O)N(c3ccccc3)C2=O)cc1. The average Bonchev–Trinajstić information content (AvgIpc) is 2.65. The first-order valence-corrected chi connectivity index (χ1v) is 7.87. The molecule has 0 spiro atoms. The van der Waals surface area contributed by atoms with Gasteiger partial charge in [0.2, 0.25) is 0 Å². The summed E-state index contributed by atoms with van der Waals surface area (Å²) >= 11 is 0. The number of nitrogens with one attached hydrogen (secondary N) is 1. The van der Waals surface area contributed by atoms with Crippen LogP contribution in [0.1, 0.15) is 5.56 Å². The summed E-state index contributed by atoms with van der Waals surface area (Å²) < 4.78 is 5.02. The second kappa shape index (κ2) is 7.52. The highest BCUT2D eigenvalue weighted by atomic mass is 16.5. The smallest absolute Gasteiger partial charge is 0.341 e. The van der Waals surface area contributed by atoms with Crippen LogP contribution in [0.2, 0.25) is 0 Å². The van der Waals surface area contributed by atoms with Gasteiger partial charge >= 0.3 is 12.0 Å². The van der Waals surface area contributed by atoms with E-state index in [1.807, 2.05) is 0 Å². The molecule has 1 saturated heterocycles. The number of nitrogens with zero attached hydrogens (tertiary/aromatic N) is 1. The Morgan fingerprint density at radius 1 is 1.04 bits per heavy atom. The molecule has 4 amide bonds. The third-order valence-corrected chi connectivity index (χ3v) is 3.67. The number of carbonyl (C=O) groups excluding carboxylic acids is 3. The van der Waals surface area contributed by atoms with Crippen LogP contribution in [0.5, 0.6) is 5.75 Å². The number of para-hydroxylation sites is 1. The van der Waals surface area contributed by atoms with Gasteiger partial charge in [-0.1, -0.05) is 30.3 Å². The largest absolute Gasteiger partial charge is 0.482 e. The minimum Gasteiger partial charge on any atom is -0.482 e. The van der Waals surface area contributed by atoms with E-state index in [2.05, 4.69) is 5.32 Å². The molecule has 1 fully saturated rings. The van der Waals surface area contributed by atoms with Crippen molar-refractivity contribution in [3.05, 3.63) is 65.7 Å². The number of hydrogen-bond donors (Lipinski definition) is 2. The summed E-state index contributed by atoms with van der Waals surface area (Å²) in [6.45, 7) is -0.477. The number of anilines is 1. The highest BCUT2D eigenvalue weighted by Crippen LogP contribution is 2.22. The molecule has 0 bridgehead atoms. The first kappa shape index (κ1) is 17.9. The van der Waals surface area contributed by atoms with E-state index >= 15 is 0 Å². The maximum Gasteiger partial charge on any atom is 0.341 e. The zero-order chi connectivity index (χ0) is 19.4. The van der Waals surface area contributed by atoms with Gasteiger partial charge in [-0.3, -0.25) is 14.9 Å². The molecule has 8 nitrogen and oxygen atoms in total. The molecule has 0 unspecified atom stereocenters. The van der Waals surface area contributed by atoms with Crippen LogP contribution < -0.4 is 15.0 Å². The van der Waals surface area contributed by atoms with Crippen molar-refractivity contribution in [2.45, 2.75) is 0 Å². The van der Waals surface area contributed by atoms with E-state index < -0.39 is 30.4 Å². The van der Waals surface area contributed by atoms with E-state index in [1.165, 1.54) is 18.2 Å². The summed E-state index contributed by atoms with van der Waals surface area (Å²) in [6.07, 6.45) is 1.35. The highest BCUT2D eigenvalue weighted by molar-refractivity contribution is 6.39. The van der Waals surface area contributed by atoms with E-state index in [0.717, 1.165) is 4.90 Å². The number of rotatable bonds is 5.